The Morgan fingerprint density at radius 3 is 3.00 bits per heavy atom. The van der Waals surface area contributed by atoms with E-state index in [1.54, 1.807) is 4.57 Å². The zero-order chi connectivity index (χ0) is 9.42. The van der Waals surface area contributed by atoms with Gasteiger partial charge >= 0.3 is 0 Å². The number of nitriles is 1. The molecule has 0 amide bonds. The summed E-state index contributed by atoms with van der Waals surface area (Å²) >= 11 is 5.84. The first-order valence-electron chi connectivity index (χ1n) is 3.61. The van der Waals surface area contributed by atoms with Gasteiger partial charge in [0.15, 0.2) is 0 Å². The van der Waals surface area contributed by atoms with Gasteiger partial charge in [0.05, 0.1) is 5.39 Å². The van der Waals surface area contributed by atoms with Crippen LogP contribution in [0.4, 0.5) is 0 Å². The fraction of sp³-hybridized carbons (Fsp3) is 0.125. The molecule has 0 aliphatic heterocycles. The third kappa shape index (κ3) is 1.14. The standard InChI is InChI=1S/C8H5ClN4/c1-13-3-2-5-7(9)11-6(4-10)12-8(5)13/h2-3H,1H3. The van der Waals surface area contributed by atoms with Crippen molar-refractivity contribution in [3.05, 3.63) is 23.2 Å². The first-order chi connectivity index (χ1) is 6.22. The van der Waals surface area contributed by atoms with Crippen LogP contribution in [0, 0.1) is 11.3 Å². The number of aromatic nitrogens is 3. The van der Waals surface area contributed by atoms with Crippen LogP contribution in [0.1, 0.15) is 5.82 Å². The zero-order valence-corrected chi connectivity index (χ0v) is 7.58. The van der Waals surface area contributed by atoms with Crippen LogP contribution in [0.15, 0.2) is 12.3 Å². The quantitative estimate of drug-likeness (QED) is 0.595. The predicted octanol–water partition coefficient (Wildman–Crippen LogP) is 1.49. The van der Waals surface area contributed by atoms with E-state index in [0.29, 0.717) is 10.8 Å². The molecule has 64 valence electrons. The minimum Gasteiger partial charge on any atom is -0.335 e. The molecule has 13 heavy (non-hydrogen) atoms. The maximum absolute atomic E-state index is 8.61. The van der Waals surface area contributed by atoms with E-state index in [0.717, 1.165) is 5.39 Å². The predicted molar refractivity (Wildman–Crippen MR) is 48.2 cm³/mol. The van der Waals surface area contributed by atoms with E-state index in [1.807, 2.05) is 25.4 Å². The van der Waals surface area contributed by atoms with Crippen LogP contribution in [0.3, 0.4) is 0 Å². The Hall–Kier alpha value is -1.60. The molecule has 0 atom stereocenters. The highest BCUT2D eigenvalue weighted by Gasteiger charge is 2.07. The van der Waals surface area contributed by atoms with Crippen LogP contribution >= 0.6 is 11.6 Å². The van der Waals surface area contributed by atoms with Crippen molar-refractivity contribution in [2.24, 2.45) is 7.05 Å². The zero-order valence-electron chi connectivity index (χ0n) is 6.82. The molecule has 0 aliphatic rings. The van der Waals surface area contributed by atoms with E-state index in [2.05, 4.69) is 9.97 Å². The molecule has 0 aromatic carbocycles. The van der Waals surface area contributed by atoms with Crippen LogP contribution in [0.25, 0.3) is 11.0 Å². The van der Waals surface area contributed by atoms with Crippen molar-refractivity contribution >= 4 is 22.6 Å². The summed E-state index contributed by atoms with van der Waals surface area (Å²) in [5.74, 6) is 0.0966. The van der Waals surface area contributed by atoms with Crippen molar-refractivity contribution in [3.63, 3.8) is 0 Å². The number of hydrogen-bond donors (Lipinski definition) is 0. The third-order valence-corrected chi connectivity index (χ3v) is 2.07. The molecule has 0 aliphatic carbocycles. The van der Waals surface area contributed by atoms with Gasteiger partial charge in [-0.25, -0.2) is 9.97 Å². The van der Waals surface area contributed by atoms with Gasteiger partial charge in [-0.2, -0.15) is 5.26 Å². The smallest absolute Gasteiger partial charge is 0.235 e. The van der Waals surface area contributed by atoms with Gasteiger partial charge in [-0.3, -0.25) is 0 Å². The fourth-order valence-electron chi connectivity index (χ4n) is 1.15. The summed E-state index contributed by atoms with van der Waals surface area (Å²) in [5.41, 5.74) is 0.677. The van der Waals surface area contributed by atoms with Crippen LogP contribution in [0.2, 0.25) is 5.15 Å². The summed E-state index contributed by atoms with van der Waals surface area (Å²) in [7, 11) is 1.84. The van der Waals surface area contributed by atoms with Gasteiger partial charge in [0.1, 0.15) is 16.9 Å². The minimum atomic E-state index is 0.0966. The van der Waals surface area contributed by atoms with Gasteiger partial charge in [-0.05, 0) is 6.07 Å². The Morgan fingerprint density at radius 1 is 1.54 bits per heavy atom. The van der Waals surface area contributed by atoms with E-state index < -0.39 is 0 Å². The Labute approximate surface area is 79.4 Å². The molecule has 0 saturated carbocycles. The van der Waals surface area contributed by atoms with E-state index in [9.17, 15) is 0 Å². The highest BCUT2D eigenvalue weighted by molar-refractivity contribution is 6.34. The van der Waals surface area contributed by atoms with Crippen molar-refractivity contribution in [1.29, 1.82) is 5.26 Å². The molecule has 2 rings (SSSR count). The molecular weight excluding hydrogens is 188 g/mol. The Kier molecular flexibility index (Phi) is 1.67. The van der Waals surface area contributed by atoms with Crippen LogP contribution < -0.4 is 0 Å². The minimum absolute atomic E-state index is 0.0966. The molecule has 2 heterocycles. The SMILES string of the molecule is Cn1ccc2c(Cl)nc(C#N)nc21. The van der Waals surface area contributed by atoms with Gasteiger partial charge in [-0.15, -0.1) is 0 Å². The number of hydrogen-bond acceptors (Lipinski definition) is 3. The second kappa shape index (κ2) is 2.71. The Bertz CT molecular complexity index is 509. The lowest BCUT2D eigenvalue weighted by Crippen LogP contribution is -1.94. The van der Waals surface area contributed by atoms with Gasteiger partial charge < -0.3 is 4.57 Å². The van der Waals surface area contributed by atoms with E-state index >= 15 is 0 Å². The van der Waals surface area contributed by atoms with E-state index in [-0.39, 0.29) is 5.82 Å². The summed E-state index contributed by atoms with van der Waals surface area (Å²) < 4.78 is 1.80. The van der Waals surface area contributed by atoms with Gasteiger partial charge in [0, 0.05) is 13.2 Å². The maximum atomic E-state index is 8.61. The molecule has 0 spiro atoms. The average molecular weight is 193 g/mol. The highest BCUT2D eigenvalue weighted by Crippen LogP contribution is 2.20. The van der Waals surface area contributed by atoms with Crippen LogP contribution in [-0.2, 0) is 7.05 Å². The second-order valence-corrected chi connectivity index (χ2v) is 2.97. The number of nitrogens with zero attached hydrogens (tertiary/aromatic N) is 4. The summed E-state index contributed by atoms with van der Waals surface area (Å²) in [6.07, 6.45) is 1.83. The van der Waals surface area contributed by atoms with E-state index in [4.69, 9.17) is 16.9 Å². The molecule has 2 aromatic rings. The topological polar surface area (TPSA) is 54.5 Å². The molecule has 5 heteroatoms. The second-order valence-electron chi connectivity index (χ2n) is 2.61. The molecule has 0 N–H and O–H groups in total. The Balaban J connectivity index is 2.90. The van der Waals surface area contributed by atoms with Crippen molar-refractivity contribution in [1.82, 2.24) is 14.5 Å². The van der Waals surface area contributed by atoms with Crippen LogP contribution in [-0.4, -0.2) is 14.5 Å². The lowest BCUT2D eigenvalue weighted by molar-refractivity contribution is 0.939. The lowest BCUT2D eigenvalue weighted by Gasteiger charge is -1.96. The van der Waals surface area contributed by atoms with Crippen molar-refractivity contribution in [3.8, 4) is 6.07 Å². The maximum Gasteiger partial charge on any atom is 0.235 e. The summed E-state index contributed by atoms with van der Waals surface area (Å²) in [4.78, 5) is 7.83. The first kappa shape index (κ1) is 8.02. The summed E-state index contributed by atoms with van der Waals surface area (Å²) in [5, 5.41) is 9.70. The van der Waals surface area contributed by atoms with Crippen LogP contribution in [0.5, 0.6) is 0 Å². The number of aryl methyl sites for hydroxylation is 1. The summed E-state index contributed by atoms with van der Waals surface area (Å²) in [6.45, 7) is 0. The molecule has 0 saturated heterocycles. The number of fused-ring (bicyclic) bond motifs is 1. The molecule has 2 aromatic heterocycles. The average Bonchev–Trinajstić information content (AvgIpc) is 2.48. The van der Waals surface area contributed by atoms with Gasteiger partial charge in [0.25, 0.3) is 0 Å². The monoisotopic (exact) mass is 192 g/mol. The largest absolute Gasteiger partial charge is 0.335 e. The molecule has 0 fully saturated rings. The number of rotatable bonds is 0. The molecule has 0 bridgehead atoms. The van der Waals surface area contributed by atoms with E-state index in [1.165, 1.54) is 0 Å². The number of halogens is 1. The normalized spacial score (nSPS) is 10.2. The van der Waals surface area contributed by atoms with Gasteiger partial charge in [-0.1, -0.05) is 11.6 Å². The fourth-order valence-corrected chi connectivity index (χ4v) is 1.38. The molecule has 0 unspecified atom stereocenters. The lowest BCUT2D eigenvalue weighted by atomic mass is 10.4. The van der Waals surface area contributed by atoms with Gasteiger partial charge in [0.2, 0.25) is 5.82 Å². The van der Waals surface area contributed by atoms with Crippen molar-refractivity contribution < 1.29 is 0 Å². The Morgan fingerprint density at radius 2 is 2.31 bits per heavy atom. The molecule has 0 radical (unpaired) electrons. The van der Waals surface area contributed by atoms with Crippen molar-refractivity contribution in [2.45, 2.75) is 0 Å². The molecule has 4 nitrogen and oxygen atoms in total. The summed E-state index contributed by atoms with van der Waals surface area (Å²) in [6, 6.07) is 3.68. The highest BCUT2D eigenvalue weighted by atomic mass is 35.5. The van der Waals surface area contributed by atoms with Crippen molar-refractivity contribution in [2.75, 3.05) is 0 Å². The molecular formula is C8H5ClN4. The third-order valence-electron chi connectivity index (χ3n) is 1.78. The first-order valence-corrected chi connectivity index (χ1v) is 3.99.